The highest BCUT2D eigenvalue weighted by atomic mass is 16.7. The Labute approximate surface area is 185 Å². The van der Waals surface area contributed by atoms with E-state index >= 15 is 0 Å². The Morgan fingerprint density at radius 1 is 0.969 bits per heavy atom. The van der Waals surface area contributed by atoms with Gasteiger partial charge in [0.15, 0.2) is 17.1 Å². The smallest absolute Gasteiger partial charge is 0.231 e. The molecule has 2 aromatic carbocycles. The predicted molar refractivity (Wildman–Crippen MR) is 119 cm³/mol. The lowest BCUT2D eigenvalue weighted by molar-refractivity contribution is 0.0543. The molecule has 0 bridgehead atoms. The van der Waals surface area contributed by atoms with Crippen LogP contribution in [0.15, 0.2) is 61.1 Å². The van der Waals surface area contributed by atoms with Crippen LogP contribution in [0.3, 0.4) is 0 Å². The molecule has 0 spiro atoms. The van der Waals surface area contributed by atoms with E-state index in [9.17, 15) is 0 Å². The number of aromatic nitrogens is 4. The van der Waals surface area contributed by atoms with Gasteiger partial charge in [-0.2, -0.15) is 5.10 Å². The molecule has 1 fully saturated rings. The number of nitrogens with one attached hydrogen (secondary N) is 1. The van der Waals surface area contributed by atoms with Gasteiger partial charge in [0, 0.05) is 25.2 Å². The average Bonchev–Trinajstić information content (AvgIpc) is 3.51. The quantitative estimate of drug-likeness (QED) is 0.518. The first-order valence-corrected chi connectivity index (χ1v) is 10.8. The van der Waals surface area contributed by atoms with Gasteiger partial charge in [-0.1, -0.05) is 24.3 Å². The minimum absolute atomic E-state index is 0.0913. The van der Waals surface area contributed by atoms with Crippen molar-refractivity contribution in [1.82, 2.24) is 19.7 Å². The van der Waals surface area contributed by atoms with E-state index in [4.69, 9.17) is 14.2 Å². The highest BCUT2D eigenvalue weighted by Crippen LogP contribution is 2.41. The standard InChI is InChI=1S/C24H23N5O3/c1-2-4-18(5-3-1)29-23-19(13-28-29)22(26-15-27-23)25-14-24(8-10-30-11-9-24)17-6-7-20-21(12-17)32-16-31-20/h1-7,12-13,15H,8-11,14,16H2,(H,25,26,27). The van der Waals surface area contributed by atoms with Crippen LogP contribution >= 0.6 is 0 Å². The van der Waals surface area contributed by atoms with E-state index in [0.717, 1.165) is 66.6 Å². The fraction of sp³-hybridized carbons (Fsp3) is 0.292. The second-order valence-electron chi connectivity index (χ2n) is 8.17. The topological polar surface area (TPSA) is 83.3 Å². The molecule has 8 nitrogen and oxygen atoms in total. The van der Waals surface area contributed by atoms with Gasteiger partial charge in [-0.25, -0.2) is 14.6 Å². The third-order valence-corrected chi connectivity index (χ3v) is 6.40. The monoisotopic (exact) mass is 429 g/mol. The van der Waals surface area contributed by atoms with Gasteiger partial charge in [-0.05, 0) is 42.7 Å². The molecule has 1 saturated heterocycles. The highest BCUT2D eigenvalue weighted by Gasteiger charge is 2.36. The molecule has 2 aromatic heterocycles. The maximum atomic E-state index is 5.69. The van der Waals surface area contributed by atoms with Crippen molar-refractivity contribution >= 4 is 16.9 Å². The molecule has 1 N–H and O–H groups in total. The van der Waals surface area contributed by atoms with Crippen LogP contribution in [0, 0.1) is 0 Å². The average molecular weight is 429 g/mol. The van der Waals surface area contributed by atoms with E-state index < -0.39 is 0 Å². The van der Waals surface area contributed by atoms with Crippen LogP contribution < -0.4 is 14.8 Å². The first kappa shape index (κ1) is 19.1. The van der Waals surface area contributed by atoms with Gasteiger partial charge in [0.1, 0.15) is 12.1 Å². The number of ether oxygens (including phenoxy) is 3. The minimum Gasteiger partial charge on any atom is -0.454 e. The van der Waals surface area contributed by atoms with Gasteiger partial charge >= 0.3 is 0 Å². The van der Waals surface area contributed by atoms with Crippen molar-refractivity contribution in [3.63, 3.8) is 0 Å². The van der Waals surface area contributed by atoms with E-state index in [2.05, 4.69) is 32.5 Å². The molecule has 2 aliphatic heterocycles. The van der Waals surface area contributed by atoms with Crippen molar-refractivity contribution in [2.24, 2.45) is 0 Å². The van der Waals surface area contributed by atoms with Crippen LogP contribution in [0.1, 0.15) is 18.4 Å². The third kappa shape index (κ3) is 3.23. The molecule has 4 aromatic rings. The zero-order chi connectivity index (χ0) is 21.4. The summed E-state index contributed by atoms with van der Waals surface area (Å²) in [5.74, 6) is 2.39. The molecular formula is C24H23N5O3. The molecule has 2 aliphatic rings. The van der Waals surface area contributed by atoms with Crippen molar-refractivity contribution in [2.45, 2.75) is 18.3 Å². The fourth-order valence-corrected chi connectivity index (χ4v) is 4.55. The molecule has 0 atom stereocenters. The third-order valence-electron chi connectivity index (χ3n) is 6.40. The van der Waals surface area contributed by atoms with E-state index in [0.29, 0.717) is 0 Å². The Kier molecular flexibility index (Phi) is 4.65. The largest absolute Gasteiger partial charge is 0.454 e. The number of fused-ring (bicyclic) bond motifs is 2. The number of benzene rings is 2. The maximum Gasteiger partial charge on any atom is 0.231 e. The summed E-state index contributed by atoms with van der Waals surface area (Å²) in [6.45, 7) is 2.44. The molecule has 0 radical (unpaired) electrons. The number of anilines is 1. The Bertz CT molecular complexity index is 1250. The van der Waals surface area contributed by atoms with Gasteiger partial charge in [0.2, 0.25) is 6.79 Å². The number of hydrogen-bond donors (Lipinski definition) is 1. The summed E-state index contributed by atoms with van der Waals surface area (Å²) >= 11 is 0. The summed E-state index contributed by atoms with van der Waals surface area (Å²) in [7, 11) is 0. The Balaban J connectivity index is 1.32. The summed E-state index contributed by atoms with van der Waals surface area (Å²) in [6.07, 6.45) is 5.24. The van der Waals surface area contributed by atoms with E-state index in [-0.39, 0.29) is 12.2 Å². The Hall–Kier alpha value is -3.65. The lowest BCUT2D eigenvalue weighted by atomic mass is 9.74. The molecule has 0 amide bonds. The molecule has 6 rings (SSSR count). The molecule has 8 heteroatoms. The SMILES string of the molecule is c1ccc(-n2ncc3c(NCC4(c5ccc6c(c5)OCO6)CCOCC4)ncnc32)cc1. The number of rotatable bonds is 5. The second-order valence-corrected chi connectivity index (χ2v) is 8.17. The normalized spacial score (nSPS) is 16.9. The lowest BCUT2D eigenvalue weighted by Gasteiger charge is -2.38. The van der Waals surface area contributed by atoms with E-state index in [1.54, 1.807) is 6.33 Å². The van der Waals surface area contributed by atoms with Gasteiger partial charge < -0.3 is 19.5 Å². The molecule has 0 aliphatic carbocycles. The summed E-state index contributed by atoms with van der Waals surface area (Å²) < 4.78 is 18.7. The van der Waals surface area contributed by atoms with Gasteiger partial charge in [0.25, 0.3) is 0 Å². The lowest BCUT2D eigenvalue weighted by Crippen LogP contribution is -2.40. The number of para-hydroxylation sites is 1. The zero-order valence-electron chi connectivity index (χ0n) is 17.5. The van der Waals surface area contributed by atoms with Crippen LogP contribution in [0.4, 0.5) is 5.82 Å². The Morgan fingerprint density at radius 3 is 2.69 bits per heavy atom. The zero-order valence-corrected chi connectivity index (χ0v) is 17.5. The van der Waals surface area contributed by atoms with Crippen LogP contribution in [0.25, 0.3) is 16.7 Å². The molecular weight excluding hydrogens is 406 g/mol. The summed E-state index contributed by atoms with van der Waals surface area (Å²) in [5.41, 5.74) is 2.88. The molecule has 32 heavy (non-hydrogen) atoms. The van der Waals surface area contributed by atoms with Gasteiger partial charge in [0.05, 0.1) is 17.3 Å². The van der Waals surface area contributed by atoms with Crippen LogP contribution in [0.5, 0.6) is 11.5 Å². The molecule has 162 valence electrons. The van der Waals surface area contributed by atoms with Crippen molar-refractivity contribution < 1.29 is 14.2 Å². The second kappa shape index (κ2) is 7.80. The predicted octanol–water partition coefficient (Wildman–Crippen LogP) is 3.70. The van der Waals surface area contributed by atoms with Gasteiger partial charge in [-0.15, -0.1) is 0 Å². The molecule has 0 unspecified atom stereocenters. The molecule has 0 saturated carbocycles. The van der Waals surface area contributed by atoms with Crippen molar-refractivity contribution in [1.29, 1.82) is 0 Å². The summed E-state index contributed by atoms with van der Waals surface area (Å²) in [6, 6.07) is 16.2. The van der Waals surface area contributed by atoms with Crippen LogP contribution in [-0.2, 0) is 10.2 Å². The van der Waals surface area contributed by atoms with Crippen LogP contribution in [-0.4, -0.2) is 46.3 Å². The Morgan fingerprint density at radius 2 is 1.81 bits per heavy atom. The first-order chi connectivity index (χ1) is 15.8. The van der Waals surface area contributed by atoms with Crippen LogP contribution in [0.2, 0.25) is 0 Å². The number of hydrogen-bond acceptors (Lipinski definition) is 7. The number of nitrogens with zero attached hydrogens (tertiary/aromatic N) is 4. The van der Waals surface area contributed by atoms with Gasteiger partial charge in [-0.3, -0.25) is 0 Å². The van der Waals surface area contributed by atoms with Crippen molar-refractivity contribution in [3.8, 4) is 17.2 Å². The summed E-state index contributed by atoms with van der Waals surface area (Å²) in [4.78, 5) is 9.02. The first-order valence-electron chi connectivity index (χ1n) is 10.8. The minimum atomic E-state index is -0.0913. The van der Waals surface area contributed by atoms with E-state index in [1.807, 2.05) is 47.3 Å². The maximum absolute atomic E-state index is 5.69. The summed E-state index contributed by atoms with van der Waals surface area (Å²) in [5, 5.41) is 9.05. The van der Waals surface area contributed by atoms with Crippen molar-refractivity contribution in [2.75, 3.05) is 31.9 Å². The molecule has 4 heterocycles. The van der Waals surface area contributed by atoms with E-state index in [1.165, 1.54) is 5.56 Å². The highest BCUT2D eigenvalue weighted by molar-refractivity contribution is 5.87. The fourth-order valence-electron chi connectivity index (χ4n) is 4.55. The van der Waals surface area contributed by atoms with Crippen molar-refractivity contribution in [3.05, 3.63) is 66.6 Å².